The Balaban J connectivity index is 1.15. The summed E-state index contributed by atoms with van der Waals surface area (Å²) in [5.74, 6) is 0.341. The molecule has 3 heteroatoms. The summed E-state index contributed by atoms with van der Waals surface area (Å²) in [6.07, 6.45) is 2.16. The molecule has 3 nitrogen and oxygen atoms in total. The molecule has 10 aromatic rings. The normalized spacial score (nSPS) is 24.6. The zero-order chi connectivity index (χ0) is 38.0. The Hall–Kier alpha value is -7.02. The summed E-state index contributed by atoms with van der Waals surface area (Å²) in [5.41, 5.74) is 21.8. The number of benzene rings is 7. The minimum atomic E-state index is -0.417. The first-order chi connectivity index (χ1) is 28.5. The first-order valence-corrected chi connectivity index (χ1v) is 20.6. The van der Waals surface area contributed by atoms with E-state index in [1.165, 1.54) is 99.4 Å². The maximum Gasteiger partial charge on any atom is 0.0995 e. The highest BCUT2D eigenvalue weighted by Gasteiger charge is 2.70. The van der Waals surface area contributed by atoms with Gasteiger partial charge in [-0.2, -0.15) is 5.26 Å². The van der Waals surface area contributed by atoms with Crippen molar-refractivity contribution in [3.05, 3.63) is 224 Å². The molecule has 58 heavy (non-hydrogen) atoms. The van der Waals surface area contributed by atoms with Crippen LogP contribution in [0.5, 0.6) is 0 Å². The topological polar surface area (TPSA) is 41.1 Å². The lowest BCUT2D eigenvalue weighted by Gasteiger charge is -2.58. The summed E-state index contributed by atoms with van der Waals surface area (Å²) in [6.45, 7) is 4.83. The van der Waals surface area contributed by atoms with E-state index in [1.54, 1.807) is 0 Å². The molecule has 0 N–H and O–H groups in total. The number of nitriles is 1. The minimum Gasteiger partial charge on any atom is -0.306 e. The molecule has 3 atom stereocenters. The van der Waals surface area contributed by atoms with E-state index in [9.17, 15) is 5.26 Å². The fourth-order valence-electron chi connectivity index (χ4n) is 13.9. The van der Waals surface area contributed by atoms with E-state index >= 15 is 0 Å². The van der Waals surface area contributed by atoms with Crippen LogP contribution in [0.1, 0.15) is 98.1 Å². The molecule has 1 spiro atoms. The smallest absolute Gasteiger partial charge is 0.0995 e. The average molecular weight is 736 g/mol. The highest BCUT2D eigenvalue weighted by atomic mass is 14.9. The van der Waals surface area contributed by atoms with Gasteiger partial charge in [0.05, 0.1) is 45.5 Å². The van der Waals surface area contributed by atoms with Gasteiger partial charge in [-0.1, -0.05) is 127 Å². The zero-order valence-corrected chi connectivity index (χ0v) is 31.9. The van der Waals surface area contributed by atoms with E-state index in [0.717, 1.165) is 22.3 Å². The van der Waals surface area contributed by atoms with Gasteiger partial charge in [-0.05, 0) is 104 Å². The van der Waals surface area contributed by atoms with Gasteiger partial charge >= 0.3 is 0 Å². The van der Waals surface area contributed by atoms with Crippen molar-refractivity contribution >= 4 is 38.1 Å². The lowest BCUT2D eigenvalue weighted by molar-refractivity contribution is 0.333. The van der Waals surface area contributed by atoms with E-state index in [4.69, 9.17) is 4.98 Å². The van der Waals surface area contributed by atoms with Gasteiger partial charge < -0.3 is 4.40 Å². The zero-order valence-electron chi connectivity index (χ0n) is 31.9. The molecule has 0 saturated carbocycles. The highest BCUT2D eigenvalue weighted by Crippen LogP contribution is 2.78. The number of hydrogen-bond acceptors (Lipinski definition) is 2. The van der Waals surface area contributed by atoms with Crippen molar-refractivity contribution in [1.82, 2.24) is 9.38 Å². The van der Waals surface area contributed by atoms with Gasteiger partial charge in [-0.3, -0.25) is 4.98 Å². The van der Waals surface area contributed by atoms with Crippen molar-refractivity contribution in [3.63, 3.8) is 0 Å². The third-order valence-electron chi connectivity index (χ3n) is 15.9. The van der Waals surface area contributed by atoms with Crippen molar-refractivity contribution in [3.8, 4) is 17.2 Å². The van der Waals surface area contributed by atoms with Crippen molar-refractivity contribution < 1.29 is 0 Å². The van der Waals surface area contributed by atoms with Crippen LogP contribution in [0, 0.1) is 11.3 Å². The fraction of sp³-hybridized carbons (Fsp3) is 0.127. The van der Waals surface area contributed by atoms with E-state index in [0.29, 0.717) is 0 Å². The van der Waals surface area contributed by atoms with Crippen LogP contribution in [0.3, 0.4) is 0 Å². The molecule has 7 aromatic carbocycles. The second-order valence-corrected chi connectivity index (χ2v) is 17.9. The van der Waals surface area contributed by atoms with Gasteiger partial charge in [0.1, 0.15) is 0 Å². The minimum absolute atomic E-state index is 0.142. The predicted molar refractivity (Wildman–Crippen MR) is 230 cm³/mol. The van der Waals surface area contributed by atoms with Gasteiger partial charge in [-0.25, -0.2) is 0 Å². The molecule has 3 unspecified atom stereocenters. The number of fused-ring (bicyclic) bond motifs is 14. The molecule has 2 bridgehead atoms. The fourth-order valence-corrected chi connectivity index (χ4v) is 13.9. The first-order valence-electron chi connectivity index (χ1n) is 20.6. The quantitative estimate of drug-likeness (QED) is 0.168. The Kier molecular flexibility index (Phi) is 4.88. The van der Waals surface area contributed by atoms with E-state index < -0.39 is 10.8 Å². The van der Waals surface area contributed by atoms with E-state index in [1.807, 2.05) is 0 Å². The third kappa shape index (κ3) is 2.82. The van der Waals surface area contributed by atoms with Crippen LogP contribution in [-0.4, -0.2) is 9.38 Å². The molecule has 0 amide bonds. The Labute approximate surface area is 334 Å². The Morgan fingerprint density at radius 3 is 1.71 bits per heavy atom. The van der Waals surface area contributed by atoms with Crippen LogP contribution < -0.4 is 0 Å². The van der Waals surface area contributed by atoms with Crippen molar-refractivity contribution in [2.75, 3.05) is 0 Å². The van der Waals surface area contributed by atoms with Crippen LogP contribution in [0.4, 0.5) is 0 Å². The molecule has 16 rings (SSSR count). The van der Waals surface area contributed by atoms with Crippen LogP contribution in [0.25, 0.3) is 49.2 Å². The SMILES string of the molecule is CC12c3ccccc3C(C)(c3ccccc31)c1c2ncc2c1c1cc(-c3ccccc3)cc3c4c5c(c(C#N)cc4n2c31)C1c2ccccc2C12c1ccccc1C52. The number of rotatable bonds is 1. The van der Waals surface area contributed by atoms with Gasteiger partial charge in [0.25, 0.3) is 0 Å². The second-order valence-electron chi connectivity index (χ2n) is 17.9. The van der Waals surface area contributed by atoms with Crippen molar-refractivity contribution in [2.45, 2.75) is 41.9 Å². The molecule has 0 aliphatic heterocycles. The highest BCUT2D eigenvalue weighted by molar-refractivity contribution is 6.27. The first kappa shape index (κ1) is 30.2. The summed E-state index contributed by atoms with van der Waals surface area (Å²) in [6, 6.07) is 57.1. The summed E-state index contributed by atoms with van der Waals surface area (Å²) < 4.78 is 2.49. The molecule has 3 aromatic heterocycles. The molecule has 0 radical (unpaired) electrons. The maximum atomic E-state index is 11.2. The lowest BCUT2D eigenvalue weighted by Crippen LogP contribution is -2.52. The molecule has 0 fully saturated rings. The van der Waals surface area contributed by atoms with E-state index in [2.05, 4.69) is 176 Å². The Morgan fingerprint density at radius 2 is 1.09 bits per heavy atom. The van der Waals surface area contributed by atoms with Gasteiger partial charge in [0.2, 0.25) is 0 Å². The third-order valence-corrected chi connectivity index (χ3v) is 15.9. The molecular formula is C55H33N3. The molecule has 3 heterocycles. The predicted octanol–water partition coefficient (Wildman–Crippen LogP) is 12.0. The Bertz CT molecular complexity index is 3590. The maximum absolute atomic E-state index is 11.2. The van der Waals surface area contributed by atoms with Crippen LogP contribution in [-0.2, 0) is 16.2 Å². The average Bonchev–Trinajstić information content (AvgIpc) is 3.85. The largest absolute Gasteiger partial charge is 0.306 e. The number of aromatic nitrogens is 2. The molecule has 6 aliphatic carbocycles. The van der Waals surface area contributed by atoms with Gasteiger partial charge in [0, 0.05) is 44.2 Å². The van der Waals surface area contributed by atoms with Crippen LogP contribution >= 0.6 is 0 Å². The van der Waals surface area contributed by atoms with Crippen LogP contribution in [0.15, 0.2) is 152 Å². The van der Waals surface area contributed by atoms with Gasteiger partial charge in [-0.15, -0.1) is 0 Å². The monoisotopic (exact) mass is 735 g/mol. The number of nitrogens with zero attached hydrogens (tertiary/aromatic N) is 3. The number of hydrogen-bond donors (Lipinski definition) is 0. The summed E-state index contributed by atoms with van der Waals surface area (Å²) in [4.78, 5) is 5.58. The molecule has 0 saturated heterocycles. The lowest BCUT2D eigenvalue weighted by atomic mass is 9.43. The van der Waals surface area contributed by atoms with Gasteiger partial charge in [0.15, 0.2) is 0 Å². The van der Waals surface area contributed by atoms with Crippen molar-refractivity contribution in [1.29, 1.82) is 5.26 Å². The number of pyridine rings is 1. The molecule has 268 valence electrons. The van der Waals surface area contributed by atoms with E-state index in [-0.39, 0.29) is 17.3 Å². The second kappa shape index (κ2) is 9.39. The van der Waals surface area contributed by atoms with Crippen LogP contribution in [0.2, 0.25) is 0 Å². The molecular weight excluding hydrogens is 703 g/mol. The summed E-state index contributed by atoms with van der Waals surface area (Å²) in [5, 5.41) is 16.3. The standard InChI is InChI=1S/C55H33N3/c1-53-38-20-10-12-22-40(38)54(2,41-23-13-11-21-39(41)53)52-50(53)46-35-25-30(29-14-4-3-5-15-29)24-34-45-42(58(51(34)35)43(46)28-57-52)26-31(27-56)44-47(45)49-33-17-7-9-19-37(33)55(49)36-18-8-6-16-32(36)48(44)55/h3-26,28,48-49H,1-2H3. The Morgan fingerprint density at radius 1 is 0.552 bits per heavy atom. The summed E-state index contributed by atoms with van der Waals surface area (Å²) in [7, 11) is 0. The van der Waals surface area contributed by atoms with Crippen molar-refractivity contribution in [2.24, 2.45) is 0 Å². The summed E-state index contributed by atoms with van der Waals surface area (Å²) >= 11 is 0. The molecule has 6 aliphatic rings.